The minimum atomic E-state index is -1.26. The SMILES string of the molecule is CSCCC(N)C(=O)NC(CCCCN)C(=O)NC(CCC(N)=O)C(=O)NCC(=O)O. The highest BCUT2D eigenvalue weighted by Crippen LogP contribution is 2.06. The van der Waals surface area contributed by atoms with E-state index in [1.54, 1.807) is 0 Å². The van der Waals surface area contributed by atoms with Crippen molar-refractivity contribution in [2.75, 3.05) is 25.1 Å². The van der Waals surface area contributed by atoms with Gasteiger partial charge >= 0.3 is 5.97 Å². The maximum atomic E-state index is 12.8. The summed E-state index contributed by atoms with van der Waals surface area (Å²) in [5.74, 6) is -3.19. The smallest absolute Gasteiger partial charge is 0.322 e. The number of amides is 4. The summed E-state index contributed by atoms with van der Waals surface area (Å²) in [5.41, 5.74) is 16.5. The summed E-state index contributed by atoms with van der Waals surface area (Å²) in [4.78, 5) is 59.2. The van der Waals surface area contributed by atoms with E-state index in [4.69, 9.17) is 22.3 Å². The molecule has 0 bridgehead atoms. The predicted molar refractivity (Wildman–Crippen MR) is 117 cm³/mol. The Balaban J connectivity index is 5.24. The van der Waals surface area contributed by atoms with Crippen LogP contribution in [0.1, 0.15) is 38.5 Å². The van der Waals surface area contributed by atoms with Crippen LogP contribution in [-0.4, -0.2) is 77.9 Å². The van der Waals surface area contributed by atoms with E-state index in [-0.39, 0.29) is 19.3 Å². The molecule has 0 rings (SSSR count). The molecule has 13 heteroatoms. The van der Waals surface area contributed by atoms with Gasteiger partial charge in [-0.2, -0.15) is 11.8 Å². The van der Waals surface area contributed by atoms with E-state index in [0.29, 0.717) is 31.6 Å². The minimum Gasteiger partial charge on any atom is -0.480 e. The third kappa shape index (κ3) is 13.5. The molecule has 0 fully saturated rings. The van der Waals surface area contributed by atoms with Crippen LogP contribution in [0.2, 0.25) is 0 Å². The normalized spacial score (nSPS) is 13.5. The molecule has 0 aliphatic carbocycles. The van der Waals surface area contributed by atoms with Crippen molar-refractivity contribution < 1.29 is 29.1 Å². The number of nitrogens with two attached hydrogens (primary N) is 3. The van der Waals surface area contributed by atoms with Crippen molar-refractivity contribution in [3.63, 3.8) is 0 Å². The monoisotopic (exact) mass is 462 g/mol. The fourth-order valence-corrected chi connectivity index (χ4v) is 3.02. The fourth-order valence-electron chi connectivity index (χ4n) is 2.53. The lowest BCUT2D eigenvalue weighted by Crippen LogP contribution is -2.56. The second-order valence-electron chi connectivity index (χ2n) is 6.91. The van der Waals surface area contributed by atoms with Crippen molar-refractivity contribution in [1.82, 2.24) is 16.0 Å². The van der Waals surface area contributed by atoms with Crippen LogP contribution in [0.15, 0.2) is 0 Å². The highest BCUT2D eigenvalue weighted by Gasteiger charge is 2.28. The number of thioether (sulfide) groups is 1. The highest BCUT2D eigenvalue weighted by atomic mass is 32.2. The van der Waals surface area contributed by atoms with Gasteiger partial charge in [0.05, 0.1) is 6.04 Å². The van der Waals surface area contributed by atoms with Gasteiger partial charge in [-0.15, -0.1) is 0 Å². The van der Waals surface area contributed by atoms with Gasteiger partial charge in [0.25, 0.3) is 0 Å². The molecule has 0 radical (unpaired) electrons. The first kappa shape index (κ1) is 28.6. The Hall–Kier alpha value is -2.38. The molecule has 0 aliphatic rings. The molecule has 0 saturated heterocycles. The molecular formula is C18H34N6O6S. The van der Waals surface area contributed by atoms with E-state index in [1.165, 1.54) is 11.8 Å². The van der Waals surface area contributed by atoms with Crippen molar-refractivity contribution in [3.8, 4) is 0 Å². The minimum absolute atomic E-state index is 0.122. The number of unbranched alkanes of at least 4 members (excludes halogenated alkanes) is 1. The standard InChI is InChI=1S/C18H34N6O6S/c1-31-9-7-11(20)16(28)23-12(4-2-3-8-19)18(30)24-13(5-6-14(21)25)17(29)22-10-15(26)27/h11-13H,2-10,19-20H2,1H3,(H2,21,25)(H,22,29)(H,23,28)(H,24,30)(H,26,27). The Morgan fingerprint density at radius 2 is 1.55 bits per heavy atom. The van der Waals surface area contributed by atoms with Gasteiger partial charge in [-0.25, -0.2) is 0 Å². The van der Waals surface area contributed by atoms with Crippen molar-refractivity contribution in [1.29, 1.82) is 0 Å². The lowest BCUT2D eigenvalue weighted by Gasteiger charge is -2.24. The molecule has 0 aromatic rings. The Labute approximate surface area is 185 Å². The van der Waals surface area contributed by atoms with Crippen molar-refractivity contribution >= 4 is 41.4 Å². The van der Waals surface area contributed by atoms with Gasteiger partial charge in [0.15, 0.2) is 0 Å². The second kappa shape index (κ2) is 16.3. The number of carbonyl (C=O) groups excluding carboxylic acids is 4. The fraction of sp³-hybridized carbons (Fsp3) is 0.722. The van der Waals surface area contributed by atoms with Crippen LogP contribution in [0.25, 0.3) is 0 Å². The zero-order valence-electron chi connectivity index (χ0n) is 17.7. The molecule has 0 aliphatic heterocycles. The van der Waals surface area contributed by atoms with Gasteiger partial charge in [-0.3, -0.25) is 24.0 Å². The number of hydrogen-bond acceptors (Lipinski definition) is 8. The molecule has 31 heavy (non-hydrogen) atoms. The molecule has 3 unspecified atom stereocenters. The first-order valence-corrected chi connectivity index (χ1v) is 11.3. The number of primary amides is 1. The number of aliphatic carboxylic acids is 1. The lowest BCUT2D eigenvalue weighted by atomic mass is 10.1. The Bertz CT molecular complexity index is 620. The van der Waals surface area contributed by atoms with E-state index < -0.39 is 54.3 Å². The molecule has 0 aromatic heterocycles. The largest absolute Gasteiger partial charge is 0.480 e. The van der Waals surface area contributed by atoms with Gasteiger partial charge in [0.1, 0.15) is 18.6 Å². The quantitative estimate of drug-likeness (QED) is 0.115. The van der Waals surface area contributed by atoms with Crippen molar-refractivity contribution in [2.45, 2.75) is 56.7 Å². The zero-order valence-corrected chi connectivity index (χ0v) is 18.5. The number of rotatable bonds is 17. The van der Waals surface area contributed by atoms with E-state index in [0.717, 1.165) is 0 Å². The Kier molecular flexibility index (Phi) is 15.1. The molecule has 3 atom stereocenters. The maximum Gasteiger partial charge on any atom is 0.322 e. The number of carboxylic acids is 1. The summed E-state index contributed by atoms with van der Waals surface area (Å²) < 4.78 is 0. The van der Waals surface area contributed by atoms with Crippen LogP contribution >= 0.6 is 11.8 Å². The molecule has 4 amide bonds. The molecule has 0 aromatic carbocycles. The summed E-state index contributed by atoms with van der Waals surface area (Å²) >= 11 is 1.54. The summed E-state index contributed by atoms with van der Waals surface area (Å²) in [6.07, 6.45) is 3.44. The van der Waals surface area contributed by atoms with Crippen LogP contribution in [0.4, 0.5) is 0 Å². The second-order valence-corrected chi connectivity index (χ2v) is 7.90. The van der Waals surface area contributed by atoms with E-state index in [9.17, 15) is 24.0 Å². The van der Waals surface area contributed by atoms with Gasteiger partial charge in [-0.1, -0.05) is 0 Å². The van der Waals surface area contributed by atoms with E-state index in [1.807, 2.05) is 6.26 Å². The average Bonchev–Trinajstić information content (AvgIpc) is 2.71. The number of carboxylic acid groups (broad SMARTS) is 1. The van der Waals surface area contributed by atoms with E-state index in [2.05, 4.69) is 16.0 Å². The molecule has 0 heterocycles. The van der Waals surface area contributed by atoms with Gasteiger partial charge in [0.2, 0.25) is 23.6 Å². The van der Waals surface area contributed by atoms with Gasteiger partial charge < -0.3 is 38.3 Å². The van der Waals surface area contributed by atoms with Crippen LogP contribution in [0.5, 0.6) is 0 Å². The average molecular weight is 463 g/mol. The van der Waals surface area contributed by atoms with Crippen molar-refractivity contribution in [3.05, 3.63) is 0 Å². The van der Waals surface area contributed by atoms with Crippen LogP contribution in [-0.2, 0) is 24.0 Å². The molecule has 178 valence electrons. The first-order valence-electron chi connectivity index (χ1n) is 9.95. The summed E-state index contributed by atoms with van der Waals surface area (Å²) in [5, 5.41) is 15.9. The molecule has 12 nitrogen and oxygen atoms in total. The third-order valence-electron chi connectivity index (χ3n) is 4.28. The third-order valence-corrected chi connectivity index (χ3v) is 4.92. The van der Waals surface area contributed by atoms with Crippen molar-refractivity contribution in [2.24, 2.45) is 17.2 Å². The summed E-state index contributed by atoms with van der Waals surface area (Å²) in [7, 11) is 0. The Morgan fingerprint density at radius 1 is 0.935 bits per heavy atom. The lowest BCUT2D eigenvalue weighted by molar-refractivity contribution is -0.138. The van der Waals surface area contributed by atoms with E-state index >= 15 is 0 Å². The van der Waals surface area contributed by atoms with Crippen LogP contribution in [0.3, 0.4) is 0 Å². The number of carbonyl (C=O) groups is 5. The topological polar surface area (TPSA) is 220 Å². The Morgan fingerprint density at radius 3 is 2.10 bits per heavy atom. The first-order chi connectivity index (χ1) is 14.6. The number of nitrogens with one attached hydrogen (secondary N) is 3. The van der Waals surface area contributed by atoms with Crippen LogP contribution < -0.4 is 33.2 Å². The number of hydrogen-bond donors (Lipinski definition) is 7. The zero-order chi connectivity index (χ0) is 23.8. The summed E-state index contributed by atoms with van der Waals surface area (Å²) in [6.45, 7) is -0.239. The predicted octanol–water partition coefficient (Wildman–Crippen LogP) is -2.37. The van der Waals surface area contributed by atoms with Gasteiger partial charge in [-0.05, 0) is 50.7 Å². The summed E-state index contributed by atoms with van der Waals surface area (Å²) in [6, 6.07) is -2.96. The molecule has 0 saturated carbocycles. The molecule has 0 spiro atoms. The maximum absolute atomic E-state index is 12.8. The van der Waals surface area contributed by atoms with Gasteiger partial charge in [0, 0.05) is 6.42 Å². The molecule has 10 N–H and O–H groups in total. The highest BCUT2D eigenvalue weighted by molar-refractivity contribution is 7.98. The molecular weight excluding hydrogens is 428 g/mol. The van der Waals surface area contributed by atoms with Crippen LogP contribution in [0, 0.1) is 0 Å².